The number of hydrogen-bond donors (Lipinski definition) is 0. The summed E-state index contributed by atoms with van der Waals surface area (Å²) in [5.74, 6) is -0.953. The molecular formula is C65H108O6. The van der Waals surface area contributed by atoms with Crippen LogP contribution >= 0.6 is 0 Å². The predicted molar refractivity (Wildman–Crippen MR) is 307 cm³/mol. The highest BCUT2D eigenvalue weighted by Crippen LogP contribution is 2.15. The molecule has 0 spiro atoms. The zero-order chi connectivity index (χ0) is 51.4. The molecule has 0 aliphatic heterocycles. The van der Waals surface area contributed by atoms with Crippen molar-refractivity contribution in [3.8, 4) is 0 Å². The lowest BCUT2D eigenvalue weighted by Crippen LogP contribution is -2.30. The number of esters is 3. The zero-order valence-electron chi connectivity index (χ0n) is 46.2. The van der Waals surface area contributed by atoms with Crippen LogP contribution in [0.4, 0.5) is 0 Å². The molecule has 0 rings (SSSR count). The van der Waals surface area contributed by atoms with Crippen molar-refractivity contribution in [1.29, 1.82) is 0 Å². The fourth-order valence-electron chi connectivity index (χ4n) is 7.89. The fourth-order valence-corrected chi connectivity index (χ4v) is 7.89. The summed E-state index contributed by atoms with van der Waals surface area (Å²) in [6, 6.07) is 0. The molecule has 6 nitrogen and oxygen atoms in total. The molecule has 0 aliphatic rings. The molecular weight excluding hydrogens is 877 g/mol. The van der Waals surface area contributed by atoms with Crippen molar-refractivity contribution < 1.29 is 28.6 Å². The molecule has 0 amide bonds. The molecule has 0 aromatic carbocycles. The van der Waals surface area contributed by atoms with Crippen LogP contribution in [0.5, 0.6) is 0 Å². The van der Waals surface area contributed by atoms with Crippen LogP contribution in [0.25, 0.3) is 0 Å². The van der Waals surface area contributed by atoms with Crippen molar-refractivity contribution >= 4 is 17.9 Å². The number of carbonyl (C=O) groups is 3. The van der Waals surface area contributed by atoms with E-state index in [0.29, 0.717) is 19.3 Å². The van der Waals surface area contributed by atoms with Gasteiger partial charge in [0.2, 0.25) is 0 Å². The van der Waals surface area contributed by atoms with Gasteiger partial charge in [0.25, 0.3) is 0 Å². The molecule has 1 atom stereocenters. The van der Waals surface area contributed by atoms with Crippen molar-refractivity contribution in [2.75, 3.05) is 13.2 Å². The van der Waals surface area contributed by atoms with Gasteiger partial charge in [0, 0.05) is 19.3 Å². The molecule has 0 aromatic rings. The van der Waals surface area contributed by atoms with Gasteiger partial charge in [-0.05, 0) is 122 Å². The molecule has 0 fully saturated rings. The van der Waals surface area contributed by atoms with E-state index in [0.717, 1.165) is 116 Å². The van der Waals surface area contributed by atoms with Gasteiger partial charge in [-0.3, -0.25) is 14.4 Å². The standard InChI is InChI=1S/C65H108O6/c1-4-7-10-13-16-19-22-25-28-29-30-31-32-33-34-35-38-40-43-46-49-52-55-58-64(67)70-61-62(71-65(68)59-56-53-50-47-44-41-37-27-24-21-18-15-12-9-6-3)60-69-63(66)57-54-51-48-45-42-39-36-26-23-20-17-14-11-8-5-2/h7,9-10,12,16,18-19,21,25-28,30-31,36-37,44,47,62H,4-6,8,11,13-15,17,20,22-24,29,32-35,38-43,45-46,48-61H2,1-3H3/b10-7-,12-9-,19-16-,21-18-,28-25-,31-30-,36-26-,37-27-,47-44-. The molecule has 0 bridgehead atoms. The zero-order valence-corrected chi connectivity index (χ0v) is 46.2. The summed E-state index contributed by atoms with van der Waals surface area (Å²) >= 11 is 0. The first kappa shape index (κ1) is 67.1. The molecule has 6 heteroatoms. The van der Waals surface area contributed by atoms with E-state index in [1.807, 2.05) is 0 Å². The van der Waals surface area contributed by atoms with E-state index in [4.69, 9.17) is 14.2 Å². The number of carbonyl (C=O) groups excluding carboxylic acids is 3. The highest BCUT2D eigenvalue weighted by molar-refractivity contribution is 5.71. The molecule has 404 valence electrons. The third kappa shape index (κ3) is 56.9. The first-order valence-electron chi connectivity index (χ1n) is 29.4. The van der Waals surface area contributed by atoms with Gasteiger partial charge in [-0.1, -0.05) is 233 Å². The highest BCUT2D eigenvalue weighted by Gasteiger charge is 2.19. The minimum absolute atomic E-state index is 0.101. The number of allylic oxidation sites excluding steroid dienone is 18. The molecule has 0 N–H and O–H groups in total. The van der Waals surface area contributed by atoms with Crippen molar-refractivity contribution in [2.24, 2.45) is 0 Å². The van der Waals surface area contributed by atoms with E-state index in [1.165, 1.54) is 103 Å². The number of ether oxygens (including phenoxy) is 3. The van der Waals surface area contributed by atoms with E-state index in [9.17, 15) is 14.4 Å². The van der Waals surface area contributed by atoms with E-state index >= 15 is 0 Å². The van der Waals surface area contributed by atoms with Gasteiger partial charge in [0.15, 0.2) is 6.10 Å². The van der Waals surface area contributed by atoms with Gasteiger partial charge < -0.3 is 14.2 Å². The summed E-state index contributed by atoms with van der Waals surface area (Å²) in [6.07, 6.45) is 79.4. The van der Waals surface area contributed by atoms with E-state index in [-0.39, 0.29) is 37.5 Å². The Morgan fingerprint density at radius 2 is 0.549 bits per heavy atom. The van der Waals surface area contributed by atoms with E-state index in [2.05, 4.69) is 130 Å². The third-order valence-corrected chi connectivity index (χ3v) is 12.2. The normalized spacial score (nSPS) is 12.9. The van der Waals surface area contributed by atoms with Gasteiger partial charge in [0.1, 0.15) is 13.2 Å². The van der Waals surface area contributed by atoms with Crippen LogP contribution in [-0.4, -0.2) is 37.2 Å². The van der Waals surface area contributed by atoms with Crippen LogP contribution in [0.3, 0.4) is 0 Å². The van der Waals surface area contributed by atoms with Crippen LogP contribution in [0.15, 0.2) is 109 Å². The molecule has 0 radical (unpaired) electrons. The largest absolute Gasteiger partial charge is 0.462 e. The lowest BCUT2D eigenvalue weighted by molar-refractivity contribution is -0.167. The second kappa shape index (κ2) is 58.6. The van der Waals surface area contributed by atoms with Crippen LogP contribution in [-0.2, 0) is 28.6 Å². The molecule has 0 heterocycles. The van der Waals surface area contributed by atoms with Gasteiger partial charge in [-0.25, -0.2) is 0 Å². The average Bonchev–Trinajstić information content (AvgIpc) is 3.37. The van der Waals surface area contributed by atoms with Gasteiger partial charge in [0.05, 0.1) is 0 Å². The number of unbranched alkanes of at least 4 members (excludes halogenated alkanes) is 23. The first-order valence-corrected chi connectivity index (χ1v) is 29.4. The third-order valence-electron chi connectivity index (χ3n) is 12.2. The Kier molecular flexibility index (Phi) is 55.4. The fraction of sp³-hybridized carbons (Fsp3) is 0.677. The molecule has 0 saturated heterocycles. The van der Waals surface area contributed by atoms with E-state index < -0.39 is 6.10 Å². The lowest BCUT2D eigenvalue weighted by atomic mass is 10.1. The maximum absolute atomic E-state index is 12.8. The predicted octanol–water partition coefficient (Wildman–Crippen LogP) is 19.9. The Labute approximate surface area is 438 Å². The number of rotatable bonds is 52. The summed E-state index contributed by atoms with van der Waals surface area (Å²) in [5.41, 5.74) is 0. The summed E-state index contributed by atoms with van der Waals surface area (Å²) in [7, 11) is 0. The van der Waals surface area contributed by atoms with E-state index in [1.54, 1.807) is 0 Å². The summed E-state index contributed by atoms with van der Waals surface area (Å²) in [4.78, 5) is 38.2. The Morgan fingerprint density at radius 3 is 0.901 bits per heavy atom. The maximum Gasteiger partial charge on any atom is 0.306 e. The molecule has 1 unspecified atom stereocenters. The SMILES string of the molecule is CC/C=C\C/C=C\C/C=C\C/C=C\CCCCCCCCCCCCC(=O)OCC(COC(=O)CCCCCCC/C=C\CCCCCCCC)OC(=O)CCCC/C=C\C/C=C\C/C=C\C/C=C\CC. The van der Waals surface area contributed by atoms with Crippen LogP contribution < -0.4 is 0 Å². The Bertz CT molecular complexity index is 1460. The van der Waals surface area contributed by atoms with Crippen LogP contribution in [0.1, 0.15) is 265 Å². The second-order valence-corrected chi connectivity index (χ2v) is 19.1. The monoisotopic (exact) mass is 985 g/mol. The molecule has 0 aliphatic carbocycles. The minimum Gasteiger partial charge on any atom is -0.462 e. The first-order chi connectivity index (χ1) is 35.0. The second-order valence-electron chi connectivity index (χ2n) is 19.1. The summed E-state index contributed by atoms with van der Waals surface area (Å²) < 4.78 is 16.8. The molecule has 71 heavy (non-hydrogen) atoms. The van der Waals surface area contributed by atoms with Gasteiger partial charge in [-0.2, -0.15) is 0 Å². The number of hydrogen-bond acceptors (Lipinski definition) is 6. The highest BCUT2D eigenvalue weighted by atomic mass is 16.6. The Balaban J connectivity index is 4.41. The van der Waals surface area contributed by atoms with Crippen molar-refractivity contribution in [3.63, 3.8) is 0 Å². The molecule has 0 saturated carbocycles. The molecule has 0 aromatic heterocycles. The Morgan fingerprint density at radius 1 is 0.296 bits per heavy atom. The topological polar surface area (TPSA) is 78.9 Å². The Hall–Kier alpha value is -3.93. The van der Waals surface area contributed by atoms with Crippen molar-refractivity contribution in [3.05, 3.63) is 109 Å². The summed E-state index contributed by atoms with van der Waals surface area (Å²) in [6.45, 7) is 6.37. The minimum atomic E-state index is -0.807. The van der Waals surface area contributed by atoms with Crippen molar-refractivity contribution in [1.82, 2.24) is 0 Å². The quantitative estimate of drug-likeness (QED) is 0.0261. The maximum atomic E-state index is 12.8. The van der Waals surface area contributed by atoms with Crippen LogP contribution in [0.2, 0.25) is 0 Å². The summed E-state index contributed by atoms with van der Waals surface area (Å²) in [5, 5.41) is 0. The smallest absolute Gasteiger partial charge is 0.306 e. The average molecular weight is 986 g/mol. The van der Waals surface area contributed by atoms with Gasteiger partial charge in [-0.15, -0.1) is 0 Å². The van der Waals surface area contributed by atoms with Crippen LogP contribution in [0, 0.1) is 0 Å². The lowest BCUT2D eigenvalue weighted by Gasteiger charge is -2.18. The van der Waals surface area contributed by atoms with Crippen molar-refractivity contribution in [2.45, 2.75) is 271 Å². The van der Waals surface area contributed by atoms with Gasteiger partial charge >= 0.3 is 17.9 Å².